The zero-order valence-electron chi connectivity index (χ0n) is 14.4. The molecule has 1 heterocycles. The molecule has 1 aliphatic heterocycles. The second-order valence-corrected chi connectivity index (χ2v) is 8.75. The third-order valence-electron chi connectivity index (χ3n) is 4.76. The molecule has 1 atom stereocenters. The number of rotatable bonds is 3. The molecule has 126 valence electrons. The maximum Gasteiger partial charge on any atom is 0.410 e. The largest absolute Gasteiger partial charge is 0.481 e. The Balaban J connectivity index is 2.12. The highest BCUT2D eigenvalue weighted by Gasteiger charge is 2.53. The molecule has 5 heteroatoms. The Kier molecular flexibility index (Phi) is 4.22. The van der Waals surface area contributed by atoms with Crippen LogP contribution in [0, 0.1) is 10.8 Å². The Morgan fingerprint density at radius 1 is 1.23 bits per heavy atom. The molecular formula is C17H29NO4. The van der Waals surface area contributed by atoms with Gasteiger partial charge < -0.3 is 14.7 Å². The minimum absolute atomic E-state index is 0.0264. The number of carboxylic acid groups (broad SMARTS) is 1. The molecular weight excluding hydrogens is 282 g/mol. The van der Waals surface area contributed by atoms with Crippen LogP contribution in [0.2, 0.25) is 0 Å². The van der Waals surface area contributed by atoms with E-state index in [1.54, 1.807) is 4.90 Å². The van der Waals surface area contributed by atoms with Crippen LogP contribution in [0.25, 0.3) is 0 Å². The van der Waals surface area contributed by atoms with Crippen molar-refractivity contribution in [3.8, 4) is 0 Å². The maximum atomic E-state index is 12.5. The van der Waals surface area contributed by atoms with Gasteiger partial charge in [0.1, 0.15) is 5.60 Å². The maximum absolute atomic E-state index is 12.5. The number of nitrogens with zero attached hydrogens (tertiary/aromatic N) is 1. The van der Waals surface area contributed by atoms with Crippen LogP contribution in [-0.2, 0) is 9.53 Å². The summed E-state index contributed by atoms with van der Waals surface area (Å²) < 4.78 is 5.54. The van der Waals surface area contributed by atoms with Gasteiger partial charge in [0.05, 0.1) is 5.41 Å². The van der Waals surface area contributed by atoms with Crippen molar-refractivity contribution in [2.75, 3.05) is 6.54 Å². The number of piperidine rings is 1. The molecule has 0 spiro atoms. The summed E-state index contributed by atoms with van der Waals surface area (Å²) in [6, 6.07) is -0.0264. The van der Waals surface area contributed by atoms with Gasteiger partial charge in [-0.25, -0.2) is 4.79 Å². The molecule has 1 aliphatic carbocycles. The molecule has 22 heavy (non-hydrogen) atoms. The molecule has 0 aromatic rings. The van der Waals surface area contributed by atoms with Gasteiger partial charge in [0.25, 0.3) is 0 Å². The first-order valence-corrected chi connectivity index (χ1v) is 8.17. The molecule has 0 radical (unpaired) electrons. The molecule has 1 amide bonds. The van der Waals surface area contributed by atoms with Crippen molar-refractivity contribution in [3.63, 3.8) is 0 Å². The van der Waals surface area contributed by atoms with Gasteiger partial charge >= 0.3 is 12.1 Å². The Morgan fingerprint density at radius 2 is 1.82 bits per heavy atom. The van der Waals surface area contributed by atoms with Gasteiger partial charge in [0, 0.05) is 12.6 Å². The van der Waals surface area contributed by atoms with Crippen LogP contribution in [0.4, 0.5) is 4.79 Å². The van der Waals surface area contributed by atoms with Crippen LogP contribution in [0.15, 0.2) is 0 Å². The van der Waals surface area contributed by atoms with E-state index in [1.807, 2.05) is 20.8 Å². The first-order chi connectivity index (χ1) is 9.94. The number of hydrogen-bond acceptors (Lipinski definition) is 3. The summed E-state index contributed by atoms with van der Waals surface area (Å²) in [5, 5.41) is 9.41. The normalized spacial score (nSPS) is 26.4. The molecule has 0 aromatic heterocycles. The first kappa shape index (κ1) is 17.1. The van der Waals surface area contributed by atoms with E-state index < -0.39 is 17.0 Å². The minimum Gasteiger partial charge on any atom is -0.481 e. The highest BCUT2D eigenvalue weighted by Crippen LogP contribution is 2.52. The predicted octanol–water partition coefficient (Wildman–Crippen LogP) is 3.67. The zero-order chi connectivity index (χ0) is 16.8. The number of carbonyl (C=O) groups excluding carboxylic acids is 1. The number of likely N-dealkylation sites (tertiary alicyclic amines) is 1. The second-order valence-electron chi connectivity index (χ2n) is 8.75. The Hall–Kier alpha value is -1.26. The van der Waals surface area contributed by atoms with E-state index in [0.717, 1.165) is 25.7 Å². The number of ether oxygens (including phenoxy) is 1. The van der Waals surface area contributed by atoms with E-state index in [0.29, 0.717) is 13.0 Å². The van der Waals surface area contributed by atoms with Crippen molar-refractivity contribution >= 4 is 12.1 Å². The van der Waals surface area contributed by atoms with Crippen LogP contribution < -0.4 is 0 Å². The molecule has 2 fully saturated rings. The van der Waals surface area contributed by atoms with E-state index in [-0.39, 0.29) is 17.6 Å². The number of amides is 1. The fraction of sp³-hybridized carbons (Fsp3) is 0.882. The standard InChI is InChI=1S/C17H29NO4/c1-15(2,3)22-14(21)18-11-16(4,5)7-6-12(18)10-17(8-9-17)13(19)20/h12H,6-11H2,1-5H3,(H,19,20). The van der Waals surface area contributed by atoms with Crippen LogP contribution in [0.3, 0.4) is 0 Å². The van der Waals surface area contributed by atoms with Crippen molar-refractivity contribution in [2.24, 2.45) is 10.8 Å². The molecule has 1 N–H and O–H groups in total. The lowest BCUT2D eigenvalue weighted by Gasteiger charge is -2.44. The summed E-state index contributed by atoms with van der Waals surface area (Å²) in [6.07, 6.45) is 3.55. The Labute approximate surface area is 133 Å². The van der Waals surface area contributed by atoms with Gasteiger partial charge in [0.15, 0.2) is 0 Å². The van der Waals surface area contributed by atoms with Crippen LogP contribution in [0.1, 0.15) is 66.7 Å². The van der Waals surface area contributed by atoms with Crippen molar-refractivity contribution in [1.29, 1.82) is 0 Å². The third-order valence-corrected chi connectivity index (χ3v) is 4.76. The summed E-state index contributed by atoms with van der Waals surface area (Å²) >= 11 is 0. The van der Waals surface area contributed by atoms with Gasteiger partial charge in [-0.3, -0.25) is 4.79 Å². The molecule has 1 unspecified atom stereocenters. The molecule has 2 rings (SSSR count). The molecule has 1 saturated heterocycles. The van der Waals surface area contributed by atoms with Crippen LogP contribution in [-0.4, -0.2) is 40.3 Å². The van der Waals surface area contributed by atoms with E-state index in [2.05, 4.69) is 13.8 Å². The van der Waals surface area contributed by atoms with Crippen LogP contribution in [0.5, 0.6) is 0 Å². The smallest absolute Gasteiger partial charge is 0.410 e. The predicted molar refractivity (Wildman–Crippen MR) is 83.7 cm³/mol. The van der Waals surface area contributed by atoms with Gasteiger partial charge in [0.2, 0.25) is 0 Å². The molecule has 0 aromatic carbocycles. The Bertz CT molecular complexity index is 460. The number of aliphatic carboxylic acids is 1. The molecule has 1 saturated carbocycles. The van der Waals surface area contributed by atoms with Crippen molar-refractivity contribution in [2.45, 2.75) is 78.4 Å². The summed E-state index contributed by atoms with van der Waals surface area (Å²) in [5.74, 6) is -0.721. The van der Waals surface area contributed by atoms with Crippen LogP contribution >= 0.6 is 0 Å². The SMILES string of the molecule is CC1(C)CCC(CC2(C(=O)O)CC2)N(C(=O)OC(C)(C)C)C1. The van der Waals surface area contributed by atoms with Gasteiger partial charge in [-0.2, -0.15) is 0 Å². The van der Waals surface area contributed by atoms with Crippen molar-refractivity contribution < 1.29 is 19.4 Å². The van der Waals surface area contributed by atoms with Crippen molar-refractivity contribution in [1.82, 2.24) is 4.90 Å². The average Bonchev–Trinajstić information content (AvgIpc) is 3.10. The first-order valence-electron chi connectivity index (χ1n) is 8.17. The zero-order valence-corrected chi connectivity index (χ0v) is 14.4. The molecule has 5 nitrogen and oxygen atoms in total. The molecule has 0 bridgehead atoms. The monoisotopic (exact) mass is 311 g/mol. The Morgan fingerprint density at radius 3 is 2.27 bits per heavy atom. The third kappa shape index (κ3) is 3.93. The van der Waals surface area contributed by atoms with E-state index in [1.165, 1.54) is 0 Å². The van der Waals surface area contributed by atoms with Crippen molar-refractivity contribution in [3.05, 3.63) is 0 Å². The van der Waals surface area contributed by atoms with Gasteiger partial charge in [-0.15, -0.1) is 0 Å². The summed E-state index contributed by atoms with van der Waals surface area (Å²) in [6.45, 7) is 10.5. The fourth-order valence-corrected chi connectivity index (χ4v) is 3.24. The number of hydrogen-bond donors (Lipinski definition) is 1. The highest BCUT2D eigenvalue weighted by atomic mass is 16.6. The lowest BCUT2D eigenvalue weighted by atomic mass is 9.79. The summed E-state index contributed by atoms with van der Waals surface area (Å²) in [4.78, 5) is 25.8. The van der Waals surface area contributed by atoms with E-state index >= 15 is 0 Å². The number of carbonyl (C=O) groups is 2. The van der Waals surface area contributed by atoms with E-state index in [4.69, 9.17) is 4.74 Å². The lowest BCUT2D eigenvalue weighted by Crippen LogP contribution is -2.52. The second kappa shape index (κ2) is 5.43. The average molecular weight is 311 g/mol. The quantitative estimate of drug-likeness (QED) is 0.863. The van der Waals surface area contributed by atoms with Gasteiger partial charge in [-0.1, -0.05) is 13.8 Å². The van der Waals surface area contributed by atoms with Gasteiger partial charge in [-0.05, 0) is 58.3 Å². The van der Waals surface area contributed by atoms with E-state index in [9.17, 15) is 14.7 Å². The topological polar surface area (TPSA) is 66.8 Å². The lowest BCUT2D eigenvalue weighted by molar-refractivity contribution is -0.144. The molecule has 2 aliphatic rings. The number of carboxylic acids is 1. The minimum atomic E-state index is -0.721. The highest BCUT2D eigenvalue weighted by molar-refractivity contribution is 5.78. The fourth-order valence-electron chi connectivity index (χ4n) is 3.24. The summed E-state index contributed by atoms with van der Waals surface area (Å²) in [5.41, 5.74) is -1.09. The summed E-state index contributed by atoms with van der Waals surface area (Å²) in [7, 11) is 0.